The first-order valence-electron chi connectivity index (χ1n) is 9.51. The van der Waals surface area contributed by atoms with E-state index in [2.05, 4.69) is 42.8 Å². The normalized spacial score (nSPS) is 12.6. The second-order valence-electron chi connectivity index (χ2n) is 6.88. The van der Waals surface area contributed by atoms with E-state index in [1.165, 1.54) is 28.6 Å². The van der Waals surface area contributed by atoms with Crippen molar-refractivity contribution < 1.29 is 0 Å². The number of nitrogen functional groups attached to an aromatic ring is 1. The Balaban J connectivity index is 1.41. The molecule has 8 heteroatoms. The lowest BCUT2D eigenvalue weighted by atomic mass is 10.1. The maximum Gasteiger partial charge on any atom is 0.248 e. The molecule has 0 spiro atoms. The molecule has 4 aromatic rings. The van der Waals surface area contributed by atoms with Crippen molar-refractivity contribution in [3.05, 3.63) is 72.1 Å². The third kappa shape index (κ3) is 3.47. The van der Waals surface area contributed by atoms with Crippen LogP contribution in [-0.4, -0.2) is 24.7 Å². The number of para-hydroxylation sites is 1. The first-order chi connectivity index (χ1) is 14.3. The van der Waals surface area contributed by atoms with Gasteiger partial charge in [-0.3, -0.25) is 0 Å². The average molecular weight is 384 g/mol. The number of aryl methyl sites for hydroxylation is 1. The van der Waals surface area contributed by atoms with E-state index in [1.54, 1.807) is 6.07 Å². The average Bonchev–Trinajstić information content (AvgIpc) is 3.36. The highest BCUT2D eigenvalue weighted by Gasteiger charge is 2.17. The van der Waals surface area contributed by atoms with Gasteiger partial charge >= 0.3 is 0 Å². The largest absolute Gasteiger partial charge is 0.368 e. The first-order valence-corrected chi connectivity index (χ1v) is 9.51. The van der Waals surface area contributed by atoms with Crippen LogP contribution >= 0.6 is 0 Å². The Morgan fingerprint density at radius 1 is 0.931 bits per heavy atom. The fourth-order valence-corrected chi connectivity index (χ4v) is 3.60. The minimum Gasteiger partial charge on any atom is -0.368 e. The number of benzene rings is 2. The second kappa shape index (κ2) is 7.23. The number of nitrogens with one attached hydrogen (secondary N) is 2. The van der Waals surface area contributed by atoms with Crippen LogP contribution in [0.4, 0.5) is 29.1 Å². The fourth-order valence-electron chi connectivity index (χ4n) is 3.60. The molecule has 0 aliphatic heterocycles. The van der Waals surface area contributed by atoms with Crippen LogP contribution in [0.15, 0.2) is 60.9 Å². The van der Waals surface area contributed by atoms with Gasteiger partial charge < -0.3 is 16.4 Å². The SMILES string of the molecule is Nc1nc(Nc2cccc3c2CCC3)nn1-c1cc(Nc2ccccc2)ncn1. The molecule has 144 valence electrons. The van der Waals surface area contributed by atoms with Gasteiger partial charge in [-0.2, -0.15) is 9.67 Å². The summed E-state index contributed by atoms with van der Waals surface area (Å²) in [5, 5.41) is 11.0. The van der Waals surface area contributed by atoms with E-state index in [9.17, 15) is 0 Å². The highest BCUT2D eigenvalue weighted by atomic mass is 15.4. The predicted molar refractivity (Wildman–Crippen MR) is 113 cm³/mol. The van der Waals surface area contributed by atoms with E-state index in [1.807, 2.05) is 36.4 Å². The Morgan fingerprint density at radius 2 is 1.83 bits per heavy atom. The fraction of sp³-hybridized carbons (Fsp3) is 0.143. The molecule has 5 rings (SSSR count). The first kappa shape index (κ1) is 17.2. The molecule has 2 aromatic carbocycles. The van der Waals surface area contributed by atoms with E-state index in [0.29, 0.717) is 17.6 Å². The van der Waals surface area contributed by atoms with Crippen LogP contribution in [0, 0.1) is 0 Å². The molecule has 2 aromatic heterocycles. The maximum absolute atomic E-state index is 6.11. The highest BCUT2D eigenvalue weighted by molar-refractivity contribution is 5.63. The molecule has 29 heavy (non-hydrogen) atoms. The monoisotopic (exact) mass is 384 g/mol. The van der Waals surface area contributed by atoms with Crippen LogP contribution < -0.4 is 16.4 Å². The third-order valence-corrected chi connectivity index (χ3v) is 4.94. The summed E-state index contributed by atoms with van der Waals surface area (Å²) < 4.78 is 1.50. The van der Waals surface area contributed by atoms with Gasteiger partial charge in [0.05, 0.1) is 0 Å². The van der Waals surface area contributed by atoms with Gasteiger partial charge in [-0.05, 0) is 48.6 Å². The summed E-state index contributed by atoms with van der Waals surface area (Å²) in [6.07, 6.45) is 4.83. The van der Waals surface area contributed by atoms with E-state index < -0.39 is 0 Å². The van der Waals surface area contributed by atoms with Crippen LogP contribution in [0.1, 0.15) is 17.5 Å². The van der Waals surface area contributed by atoms with Crippen LogP contribution in [0.3, 0.4) is 0 Å². The molecule has 0 radical (unpaired) electrons. The Morgan fingerprint density at radius 3 is 2.72 bits per heavy atom. The van der Waals surface area contributed by atoms with Crippen molar-refractivity contribution in [1.29, 1.82) is 0 Å². The molecule has 4 N–H and O–H groups in total. The quantitative estimate of drug-likeness (QED) is 0.482. The minimum absolute atomic E-state index is 0.254. The van der Waals surface area contributed by atoms with E-state index in [0.717, 1.165) is 24.2 Å². The van der Waals surface area contributed by atoms with Gasteiger partial charge in [0.15, 0.2) is 5.82 Å². The molecule has 8 nitrogen and oxygen atoms in total. The highest BCUT2D eigenvalue weighted by Crippen LogP contribution is 2.30. The van der Waals surface area contributed by atoms with Crippen molar-refractivity contribution in [3.8, 4) is 5.82 Å². The van der Waals surface area contributed by atoms with Gasteiger partial charge in [-0.25, -0.2) is 9.97 Å². The smallest absolute Gasteiger partial charge is 0.248 e. The number of hydrogen-bond donors (Lipinski definition) is 3. The topological polar surface area (TPSA) is 107 Å². The molecule has 2 heterocycles. The molecule has 0 unspecified atom stereocenters. The molecule has 0 bridgehead atoms. The van der Waals surface area contributed by atoms with Crippen molar-refractivity contribution in [2.24, 2.45) is 0 Å². The minimum atomic E-state index is 0.254. The summed E-state index contributed by atoms with van der Waals surface area (Å²) in [4.78, 5) is 12.9. The summed E-state index contributed by atoms with van der Waals surface area (Å²) in [5.74, 6) is 1.88. The molecule has 0 amide bonds. The Labute approximate surface area is 167 Å². The molecule has 0 saturated carbocycles. The second-order valence-corrected chi connectivity index (χ2v) is 6.88. The molecule has 0 saturated heterocycles. The molecule has 0 atom stereocenters. The summed E-state index contributed by atoms with van der Waals surface area (Å²) in [5.41, 5.74) is 10.8. The lowest BCUT2D eigenvalue weighted by Gasteiger charge is -2.08. The molecular formula is C21H20N8. The zero-order valence-corrected chi connectivity index (χ0v) is 15.7. The van der Waals surface area contributed by atoms with Crippen LogP contribution in [-0.2, 0) is 12.8 Å². The number of nitrogens with zero attached hydrogens (tertiary/aromatic N) is 5. The number of aromatic nitrogens is 5. The molecule has 1 aliphatic carbocycles. The van der Waals surface area contributed by atoms with Crippen LogP contribution in [0.2, 0.25) is 0 Å². The van der Waals surface area contributed by atoms with Gasteiger partial charge in [0.25, 0.3) is 0 Å². The maximum atomic E-state index is 6.11. The van der Waals surface area contributed by atoms with Gasteiger partial charge in [0.2, 0.25) is 11.9 Å². The van der Waals surface area contributed by atoms with Crippen molar-refractivity contribution in [1.82, 2.24) is 24.7 Å². The predicted octanol–water partition coefficient (Wildman–Crippen LogP) is 3.62. The summed E-state index contributed by atoms with van der Waals surface area (Å²) >= 11 is 0. The molecular weight excluding hydrogens is 364 g/mol. The number of fused-ring (bicyclic) bond motifs is 1. The standard InChI is InChI=1S/C21H20N8/c22-20-27-21(26-17-11-5-7-14-6-4-10-16(14)17)28-29(20)19-12-18(23-13-24-19)25-15-8-2-1-3-9-15/h1-3,5,7-9,11-13H,4,6,10H2,(H,23,24,25)(H3,22,26,27,28). The summed E-state index contributed by atoms with van der Waals surface area (Å²) in [7, 11) is 0. The van der Waals surface area contributed by atoms with Gasteiger partial charge in [-0.1, -0.05) is 30.3 Å². The van der Waals surface area contributed by atoms with E-state index in [4.69, 9.17) is 5.73 Å². The van der Waals surface area contributed by atoms with E-state index >= 15 is 0 Å². The van der Waals surface area contributed by atoms with E-state index in [-0.39, 0.29) is 5.95 Å². The summed E-state index contributed by atoms with van der Waals surface area (Å²) in [6, 6.07) is 17.9. The summed E-state index contributed by atoms with van der Waals surface area (Å²) in [6.45, 7) is 0. The Kier molecular flexibility index (Phi) is 4.28. The Hall–Kier alpha value is -3.94. The lowest BCUT2D eigenvalue weighted by molar-refractivity contribution is 0.852. The number of anilines is 5. The van der Waals surface area contributed by atoms with Gasteiger partial charge in [0.1, 0.15) is 12.1 Å². The number of rotatable bonds is 5. The molecule has 0 fully saturated rings. The van der Waals surface area contributed by atoms with Crippen LogP contribution in [0.25, 0.3) is 5.82 Å². The molecule has 1 aliphatic rings. The van der Waals surface area contributed by atoms with Crippen molar-refractivity contribution in [2.45, 2.75) is 19.3 Å². The Bertz CT molecular complexity index is 1150. The van der Waals surface area contributed by atoms with Gasteiger partial charge in [0, 0.05) is 17.4 Å². The number of nitrogens with two attached hydrogens (primary N) is 1. The lowest BCUT2D eigenvalue weighted by Crippen LogP contribution is -2.06. The van der Waals surface area contributed by atoms with Gasteiger partial charge in [-0.15, -0.1) is 5.10 Å². The third-order valence-electron chi connectivity index (χ3n) is 4.94. The zero-order valence-electron chi connectivity index (χ0n) is 15.7. The number of hydrogen-bond acceptors (Lipinski definition) is 7. The van der Waals surface area contributed by atoms with Crippen molar-refractivity contribution in [2.75, 3.05) is 16.4 Å². The van der Waals surface area contributed by atoms with Crippen molar-refractivity contribution >= 4 is 29.1 Å². The zero-order chi connectivity index (χ0) is 19.6. The van der Waals surface area contributed by atoms with Crippen LogP contribution in [0.5, 0.6) is 0 Å². The van der Waals surface area contributed by atoms with Crippen molar-refractivity contribution in [3.63, 3.8) is 0 Å².